The molecule has 0 bridgehead atoms. The summed E-state index contributed by atoms with van der Waals surface area (Å²) in [5.74, 6) is -0.332. The highest BCUT2D eigenvalue weighted by Gasteiger charge is 2.29. The van der Waals surface area contributed by atoms with Crippen molar-refractivity contribution in [2.24, 2.45) is 7.05 Å². The van der Waals surface area contributed by atoms with E-state index in [0.717, 1.165) is 23.3 Å². The second-order valence-electron chi connectivity index (χ2n) is 6.90. The molecule has 0 aliphatic carbocycles. The lowest BCUT2D eigenvalue weighted by Gasteiger charge is -2.34. The molecule has 5 nitrogen and oxygen atoms in total. The topological polar surface area (TPSA) is 47.4 Å². The van der Waals surface area contributed by atoms with Crippen molar-refractivity contribution in [3.63, 3.8) is 0 Å². The Balaban J connectivity index is 1.63. The van der Waals surface area contributed by atoms with E-state index in [-0.39, 0.29) is 17.8 Å². The Morgan fingerprint density at radius 3 is 2.71 bits per heavy atom. The zero-order valence-electron chi connectivity index (χ0n) is 15.7. The van der Waals surface area contributed by atoms with Crippen molar-refractivity contribution >= 4 is 17.2 Å². The van der Waals surface area contributed by atoms with E-state index in [1.807, 2.05) is 16.3 Å². The molecule has 3 aromatic rings. The van der Waals surface area contributed by atoms with Crippen molar-refractivity contribution < 1.29 is 13.9 Å². The van der Waals surface area contributed by atoms with Gasteiger partial charge < -0.3 is 9.64 Å². The molecule has 1 aromatic carbocycles. The van der Waals surface area contributed by atoms with Gasteiger partial charge in [0.2, 0.25) is 0 Å². The summed E-state index contributed by atoms with van der Waals surface area (Å²) < 4.78 is 20.3. The Kier molecular flexibility index (Phi) is 5.54. The Hall–Kier alpha value is -2.51. The maximum atomic E-state index is 13.5. The molecule has 1 saturated heterocycles. The molecule has 1 aliphatic rings. The summed E-state index contributed by atoms with van der Waals surface area (Å²) in [4.78, 5) is 16.6. The first kappa shape index (κ1) is 18.8. The van der Waals surface area contributed by atoms with Gasteiger partial charge in [0.15, 0.2) is 0 Å². The summed E-state index contributed by atoms with van der Waals surface area (Å²) in [6.45, 7) is 1.93. The van der Waals surface area contributed by atoms with Crippen LogP contribution >= 0.6 is 11.3 Å². The molecule has 0 radical (unpaired) electrons. The summed E-state index contributed by atoms with van der Waals surface area (Å²) in [5, 5.41) is 6.51. The van der Waals surface area contributed by atoms with E-state index in [2.05, 4.69) is 11.2 Å². The lowest BCUT2D eigenvalue weighted by molar-refractivity contribution is 0.0264. The lowest BCUT2D eigenvalue weighted by atomic mass is 10.1. The minimum Gasteiger partial charge on any atom is -0.381 e. The van der Waals surface area contributed by atoms with Gasteiger partial charge in [-0.1, -0.05) is 6.07 Å². The van der Waals surface area contributed by atoms with Crippen LogP contribution in [0.15, 0.2) is 47.8 Å². The Labute approximate surface area is 167 Å². The number of benzene rings is 1. The van der Waals surface area contributed by atoms with Crippen LogP contribution in [0.3, 0.4) is 0 Å². The number of ether oxygens (including phenoxy) is 1. The number of nitrogens with zero attached hydrogens (tertiary/aromatic N) is 3. The zero-order chi connectivity index (χ0) is 19.5. The van der Waals surface area contributed by atoms with Crippen LogP contribution in [0.2, 0.25) is 0 Å². The number of hydrogen-bond acceptors (Lipinski definition) is 4. The SMILES string of the molecule is Cn1nc(-c2ccc(F)cc2)cc1C(=O)N(Cc1cccs1)C1CCOCC1. The van der Waals surface area contributed by atoms with Crippen LogP contribution < -0.4 is 0 Å². The van der Waals surface area contributed by atoms with Gasteiger partial charge in [0.05, 0.1) is 12.2 Å². The van der Waals surface area contributed by atoms with Crippen molar-refractivity contribution in [2.75, 3.05) is 13.2 Å². The first-order valence-electron chi connectivity index (χ1n) is 9.33. The molecule has 0 unspecified atom stereocenters. The molecule has 0 N–H and O–H groups in total. The van der Waals surface area contributed by atoms with Crippen molar-refractivity contribution in [3.05, 3.63) is 64.2 Å². The van der Waals surface area contributed by atoms with E-state index in [1.54, 1.807) is 41.3 Å². The second-order valence-corrected chi connectivity index (χ2v) is 7.93. The van der Waals surface area contributed by atoms with Gasteiger partial charge in [0.1, 0.15) is 11.5 Å². The van der Waals surface area contributed by atoms with Gasteiger partial charge in [-0.05, 0) is 54.6 Å². The summed E-state index contributed by atoms with van der Waals surface area (Å²) in [6, 6.07) is 12.1. The Morgan fingerprint density at radius 2 is 2.04 bits per heavy atom. The van der Waals surface area contributed by atoms with Crippen LogP contribution in [0.4, 0.5) is 4.39 Å². The van der Waals surface area contributed by atoms with Gasteiger partial charge in [-0.3, -0.25) is 9.48 Å². The van der Waals surface area contributed by atoms with Crippen LogP contribution in [-0.2, 0) is 18.3 Å². The highest BCUT2D eigenvalue weighted by atomic mass is 32.1. The normalized spacial score (nSPS) is 14.9. The molecular weight excluding hydrogens is 377 g/mol. The van der Waals surface area contributed by atoms with Crippen LogP contribution in [0.25, 0.3) is 11.3 Å². The molecule has 0 saturated carbocycles. The average Bonchev–Trinajstić information content (AvgIpc) is 3.36. The number of hydrogen-bond donors (Lipinski definition) is 0. The first-order valence-corrected chi connectivity index (χ1v) is 10.2. The minimum absolute atomic E-state index is 0.0383. The number of amides is 1. The van der Waals surface area contributed by atoms with E-state index >= 15 is 0 Å². The number of rotatable bonds is 5. The van der Waals surface area contributed by atoms with Crippen molar-refractivity contribution in [3.8, 4) is 11.3 Å². The van der Waals surface area contributed by atoms with Gasteiger partial charge in [-0.25, -0.2) is 4.39 Å². The van der Waals surface area contributed by atoms with E-state index in [9.17, 15) is 9.18 Å². The van der Waals surface area contributed by atoms with Crippen molar-refractivity contribution in [2.45, 2.75) is 25.4 Å². The van der Waals surface area contributed by atoms with Gasteiger partial charge in [-0.2, -0.15) is 5.10 Å². The molecule has 1 aliphatic heterocycles. The van der Waals surface area contributed by atoms with Crippen molar-refractivity contribution in [1.29, 1.82) is 0 Å². The third-order valence-corrected chi connectivity index (χ3v) is 5.90. The molecule has 0 atom stereocenters. The number of carbonyl (C=O) groups excluding carboxylic acids is 1. The third kappa shape index (κ3) is 4.00. The molecule has 2 aromatic heterocycles. The third-order valence-electron chi connectivity index (χ3n) is 5.04. The molecule has 4 rings (SSSR count). The quantitative estimate of drug-likeness (QED) is 0.649. The summed E-state index contributed by atoms with van der Waals surface area (Å²) >= 11 is 1.65. The van der Waals surface area contributed by atoms with E-state index in [4.69, 9.17) is 4.74 Å². The fraction of sp³-hybridized carbons (Fsp3) is 0.333. The maximum absolute atomic E-state index is 13.5. The van der Waals surface area contributed by atoms with Gasteiger partial charge >= 0.3 is 0 Å². The van der Waals surface area contributed by atoms with Gasteiger partial charge in [0.25, 0.3) is 5.91 Å². The van der Waals surface area contributed by atoms with E-state index in [0.29, 0.717) is 31.1 Å². The first-order chi connectivity index (χ1) is 13.6. The maximum Gasteiger partial charge on any atom is 0.272 e. The van der Waals surface area contributed by atoms with Gasteiger partial charge in [-0.15, -0.1) is 11.3 Å². The second kappa shape index (κ2) is 8.24. The molecule has 146 valence electrons. The van der Waals surface area contributed by atoms with Crippen LogP contribution in [0.5, 0.6) is 0 Å². The fourth-order valence-electron chi connectivity index (χ4n) is 3.51. The minimum atomic E-state index is -0.294. The highest BCUT2D eigenvalue weighted by molar-refractivity contribution is 7.09. The predicted octanol–water partition coefficient (Wildman–Crippen LogP) is 4.11. The van der Waals surface area contributed by atoms with Crippen molar-refractivity contribution in [1.82, 2.24) is 14.7 Å². The van der Waals surface area contributed by atoms with E-state index in [1.165, 1.54) is 12.1 Å². The monoisotopic (exact) mass is 399 g/mol. The number of aromatic nitrogens is 2. The molecule has 28 heavy (non-hydrogen) atoms. The van der Waals surface area contributed by atoms with Crippen LogP contribution in [0.1, 0.15) is 28.2 Å². The highest BCUT2D eigenvalue weighted by Crippen LogP contribution is 2.25. The molecule has 1 amide bonds. The average molecular weight is 399 g/mol. The lowest BCUT2D eigenvalue weighted by Crippen LogP contribution is -2.43. The summed E-state index contributed by atoms with van der Waals surface area (Å²) in [5.41, 5.74) is 1.98. The molecule has 1 fully saturated rings. The molecule has 0 spiro atoms. The molecular formula is C21H22FN3O2S. The zero-order valence-corrected chi connectivity index (χ0v) is 16.5. The number of thiophene rings is 1. The van der Waals surface area contributed by atoms with Crippen LogP contribution in [0, 0.1) is 5.82 Å². The largest absolute Gasteiger partial charge is 0.381 e. The van der Waals surface area contributed by atoms with Gasteiger partial charge in [0, 0.05) is 36.7 Å². The van der Waals surface area contributed by atoms with Crippen LogP contribution in [-0.4, -0.2) is 39.8 Å². The standard InChI is InChI=1S/C21H22FN3O2S/c1-24-20(13-19(23-24)15-4-6-16(22)7-5-15)21(26)25(14-18-3-2-12-28-18)17-8-10-27-11-9-17/h2-7,12-13,17H,8-11,14H2,1H3. The Bertz CT molecular complexity index is 931. The molecule has 3 heterocycles. The summed E-state index contributed by atoms with van der Waals surface area (Å²) in [7, 11) is 1.77. The summed E-state index contributed by atoms with van der Waals surface area (Å²) in [6.07, 6.45) is 1.67. The number of aryl methyl sites for hydroxylation is 1. The number of carbonyl (C=O) groups is 1. The smallest absolute Gasteiger partial charge is 0.272 e. The predicted molar refractivity (Wildman–Crippen MR) is 107 cm³/mol. The van der Waals surface area contributed by atoms with E-state index < -0.39 is 0 Å². The Morgan fingerprint density at radius 1 is 1.29 bits per heavy atom. The fourth-order valence-corrected chi connectivity index (χ4v) is 4.21. The molecule has 7 heteroatoms. The number of halogens is 1.